The highest BCUT2D eigenvalue weighted by Gasteiger charge is 2.22. The normalized spacial score (nSPS) is 19.0. The molecule has 1 N–H and O–H groups in total. The van der Waals surface area contributed by atoms with E-state index in [4.69, 9.17) is 4.98 Å². The van der Waals surface area contributed by atoms with E-state index in [1.807, 2.05) is 0 Å². The summed E-state index contributed by atoms with van der Waals surface area (Å²) in [5, 5.41) is 3.46. The quantitative estimate of drug-likeness (QED) is 0.939. The standard InChI is InChI=1S/C17H23N3O/c1-12-5-6-16-15(10-12)19-17(14-4-3-8-18-11-14)20(16)9-7-13(2)21/h5-6,10,14,18H,3-4,7-9,11H2,1-2H3. The van der Waals surface area contributed by atoms with Gasteiger partial charge in [0.2, 0.25) is 0 Å². The second-order valence-corrected chi connectivity index (χ2v) is 6.11. The lowest BCUT2D eigenvalue weighted by atomic mass is 9.99. The topological polar surface area (TPSA) is 46.9 Å². The monoisotopic (exact) mass is 285 g/mol. The Morgan fingerprint density at radius 2 is 2.33 bits per heavy atom. The van der Waals surface area contributed by atoms with Gasteiger partial charge >= 0.3 is 0 Å². The van der Waals surface area contributed by atoms with Crippen molar-refractivity contribution in [2.45, 2.75) is 45.6 Å². The summed E-state index contributed by atoms with van der Waals surface area (Å²) in [5.74, 6) is 1.83. The van der Waals surface area contributed by atoms with Gasteiger partial charge < -0.3 is 9.88 Å². The molecule has 1 unspecified atom stereocenters. The highest BCUT2D eigenvalue weighted by atomic mass is 16.1. The average Bonchev–Trinajstić information content (AvgIpc) is 2.83. The van der Waals surface area contributed by atoms with Crippen LogP contribution >= 0.6 is 0 Å². The van der Waals surface area contributed by atoms with Crippen LogP contribution in [-0.4, -0.2) is 28.4 Å². The number of aromatic nitrogens is 2. The molecule has 4 heteroatoms. The molecule has 1 aromatic carbocycles. The minimum Gasteiger partial charge on any atom is -0.327 e. The van der Waals surface area contributed by atoms with E-state index in [1.165, 1.54) is 18.4 Å². The maximum Gasteiger partial charge on any atom is 0.131 e. The summed E-state index contributed by atoms with van der Waals surface area (Å²) in [6, 6.07) is 6.40. The molecule has 1 saturated heterocycles. The molecule has 3 rings (SSSR count). The fraction of sp³-hybridized carbons (Fsp3) is 0.529. The summed E-state index contributed by atoms with van der Waals surface area (Å²) < 4.78 is 2.26. The summed E-state index contributed by atoms with van der Waals surface area (Å²) in [5.41, 5.74) is 3.44. The molecule has 0 saturated carbocycles. The van der Waals surface area contributed by atoms with Crippen molar-refractivity contribution < 1.29 is 4.79 Å². The zero-order valence-corrected chi connectivity index (χ0v) is 12.9. The Hall–Kier alpha value is -1.68. The summed E-state index contributed by atoms with van der Waals surface area (Å²) in [7, 11) is 0. The highest BCUT2D eigenvalue weighted by Crippen LogP contribution is 2.27. The van der Waals surface area contributed by atoms with Gasteiger partial charge in [-0.3, -0.25) is 4.79 Å². The Morgan fingerprint density at radius 3 is 3.05 bits per heavy atom. The molecule has 112 valence electrons. The fourth-order valence-corrected chi connectivity index (χ4v) is 3.15. The number of aryl methyl sites for hydroxylation is 2. The predicted octanol–water partition coefficient (Wildman–Crippen LogP) is 2.79. The lowest BCUT2D eigenvalue weighted by molar-refractivity contribution is -0.117. The van der Waals surface area contributed by atoms with Gasteiger partial charge in [-0.25, -0.2) is 4.98 Å². The number of Topliss-reactive ketones (excluding diaryl/α,β-unsaturated/α-hetero) is 1. The van der Waals surface area contributed by atoms with Crippen LogP contribution in [0.15, 0.2) is 18.2 Å². The maximum absolute atomic E-state index is 11.4. The van der Waals surface area contributed by atoms with Gasteiger partial charge in [0.25, 0.3) is 0 Å². The predicted molar refractivity (Wildman–Crippen MR) is 84.6 cm³/mol. The van der Waals surface area contributed by atoms with Crippen LogP contribution < -0.4 is 5.32 Å². The van der Waals surface area contributed by atoms with Crippen LogP contribution in [0.5, 0.6) is 0 Å². The summed E-state index contributed by atoms with van der Waals surface area (Å²) in [4.78, 5) is 16.3. The lowest BCUT2D eigenvalue weighted by Crippen LogP contribution is -2.30. The molecule has 0 radical (unpaired) electrons. The minimum absolute atomic E-state index is 0.233. The molecule has 0 spiro atoms. The third-order valence-electron chi connectivity index (χ3n) is 4.28. The molecule has 0 aliphatic carbocycles. The summed E-state index contributed by atoms with van der Waals surface area (Å²) in [6.45, 7) is 6.58. The number of hydrogen-bond acceptors (Lipinski definition) is 3. The van der Waals surface area contributed by atoms with E-state index in [9.17, 15) is 4.79 Å². The number of fused-ring (bicyclic) bond motifs is 1. The fourth-order valence-electron chi connectivity index (χ4n) is 3.15. The Balaban J connectivity index is 2.02. The van der Waals surface area contributed by atoms with Crippen LogP contribution in [0, 0.1) is 6.92 Å². The van der Waals surface area contributed by atoms with Crippen LogP contribution in [0.25, 0.3) is 11.0 Å². The van der Waals surface area contributed by atoms with Crippen LogP contribution in [0.1, 0.15) is 43.5 Å². The SMILES string of the molecule is CC(=O)CCn1c(C2CCCNC2)nc2cc(C)ccc21. The molecule has 1 aromatic heterocycles. The third kappa shape index (κ3) is 3.00. The molecule has 21 heavy (non-hydrogen) atoms. The van der Waals surface area contributed by atoms with Crippen molar-refractivity contribution in [1.82, 2.24) is 14.9 Å². The van der Waals surface area contributed by atoms with Crippen molar-refractivity contribution in [3.63, 3.8) is 0 Å². The molecule has 1 atom stereocenters. The molecular weight excluding hydrogens is 262 g/mol. The van der Waals surface area contributed by atoms with Gasteiger partial charge in [0, 0.05) is 25.4 Å². The Morgan fingerprint density at radius 1 is 1.48 bits per heavy atom. The number of carbonyl (C=O) groups excluding carboxylic acids is 1. The number of rotatable bonds is 4. The number of ketones is 1. The highest BCUT2D eigenvalue weighted by molar-refractivity contribution is 5.78. The molecule has 2 heterocycles. The van der Waals surface area contributed by atoms with Gasteiger partial charge in [0.05, 0.1) is 11.0 Å². The van der Waals surface area contributed by atoms with Gasteiger partial charge in [-0.2, -0.15) is 0 Å². The van der Waals surface area contributed by atoms with Crippen molar-refractivity contribution in [3.05, 3.63) is 29.6 Å². The van der Waals surface area contributed by atoms with Crippen molar-refractivity contribution in [3.8, 4) is 0 Å². The minimum atomic E-state index is 0.233. The van der Waals surface area contributed by atoms with Crippen LogP contribution in [0.4, 0.5) is 0 Å². The van der Waals surface area contributed by atoms with Crippen LogP contribution in [0.3, 0.4) is 0 Å². The molecule has 1 fully saturated rings. The molecule has 2 aromatic rings. The van der Waals surface area contributed by atoms with Gasteiger partial charge in [-0.05, 0) is 50.9 Å². The van der Waals surface area contributed by atoms with Gasteiger partial charge in [-0.15, -0.1) is 0 Å². The zero-order valence-electron chi connectivity index (χ0n) is 12.9. The van der Waals surface area contributed by atoms with Crippen LogP contribution in [-0.2, 0) is 11.3 Å². The van der Waals surface area contributed by atoms with E-state index in [1.54, 1.807) is 6.92 Å². The van der Waals surface area contributed by atoms with Gasteiger partial charge in [-0.1, -0.05) is 6.07 Å². The first-order valence-electron chi connectivity index (χ1n) is 7.82. The van der Waals surface area contributed by atoms with Crippen molar-refractivity contribution >= 4 is 16.8 Å². The number of nitrogens with one attached hydrogen (secondary N) is 1. The van der Waals surface area contributed by atoms with E-state index in [2.05, 4.69) is 35.0 Å². The molecule has 4 nitrogen and oxygen atoms in total. The number of hydrogen-bond donors (Lipinski definition) is 1. The van der Waals surface area contributed by atoms with Crippen LogP contribution in [0.2, 0.25) is 0 Å². The number of benzene rings is 1. The first-order chi connectivity index (χ1) is 10.1. The average molecular weight is 285 g/mol. The second-order valence-electron chi connectivity index (χ2n) is 6.11. The van der Waals surface area contributed by atoms with E-state index < -0.39 is 0 Å². The van der Waals surface area contributed by atoms with E-state index in [0.29, 0.717) is 12.3 Å². The maximum atomic E-state index is 11.4. The molecule has 1 aliphatic rings. The number of nitrogens with zero attached hydrogens (tertiary/aromatic N) is 2. The molecule has 0 amide bonds. The summed E-state index contributed by atoms with van der Waals surface area (Å²) >= 11 is 0. The third-order valence-corrected chi connectivity index (χ3v) is 4.28. The Bertz CT molecular complexity index is 653. The molecule has 1 aliphatic heterocycles. The molecule has 0 bridgehead atoms. The number of carbonyl (C=O) groups is 1. The zero-order chi connectivity index (χ0) is 14.8. The lowest BCUT2D eigenvalue weighted by Gasteiger charge is -2.23. The van der Waals surface area contributed by atoms with E-state index in [-0.39, 0.29) is 5.78 Å². The Labute approximate surface area is 125 Å². The second kappa shape index (κ2) is 5.98. The first kappa shape index (κ1) is 14.3. The Kier molecular flexibility index (Phi) is 4.06. The van der Waals surface area contributed by atoms with E-state index in [0.717, 1.165) is 36.5 Å². The van der Waals surface area contributed by atoms with E-state index >= 15 is 0 Å². The van der Waals surface area contributed by atoms with Gasteiger partial charge in [0.15, 0.2) is 0 Å². The van der Waals surface area contributed by atoms with Gasteiger partial charge in [0.1, 0.15) is 11.6 Å². The largest absolute Gasteiger partial charge is 0.327 e. The van der Waals surface area contributed by atoms with Crippen molar-refractivity contribution in [2.75, 3.05) is 13.1 Å². The first-order valence-corrected chi connectivity index (χ1v) is 7.82. The van der Waals surface area contributed by atoms with Crippen molar-refractivity contribution in [1.29, 1.82) is 0 Å². The summed E-state index contributed by atoms with van der Waals surface area (Å²) in [6.07, 6.45) is 2.95. The number of piperidine rings is 1. The van der Waals surface area contributed by atoms with Crippen molar-refractivity contribution in [2.24, 2.45) is 0 Å². The smallest absolute Gasteiger partial charge is 0.131 e. The number of imidazole rings is 1. The molecular formula is C17H23N3O.